The largest absolute Gasteiger partial charge is 0.416 e. The first-order valence-corrected chi connectivity index (χ1v) is 11.7. The maximum Gasteiger partial charge on any atom is 0.416 e. The van der Waals surface area contributed by atoms with Crippen LogP contribution in [0.2, 0.25) is 0 Å². The van der Waals surface area contributed by atoms with Crippen LogP contribution in [0, 0.1) is 0 Å². The van der Waals surface area contributed by atoms with Crippen LogP contribution in [0.25, 0.3) is 0 Å². The average Bonchev–Trinajstić information content (AvgIpc) is 2.79. The van der Waals surface area contributed by atoms with E-state index in [2.05, 4.69) is 10.5 Å². The van der Waals surface area contributed by atoms with Crippen LogP contribution >= 0.6 is 11.8 Å². The van der Waals surface area contributed by atoms with Crippen LogP contribution in [0.4, 0.5) is 13.2 Å². The number of hydrogen-bond acceptors (Lipinski definition) is 6. The lowest BCUT2D eigenvalue weighted by molar-refractivity contribution is -0.137. The van der Waals surface area contributed by atoms with E-state index in [4.69, 9.17) is 4.18 Å². The molecule has 172 valence electrons. The number of carbonyl (C=O) groups excluding carboxylic acids is 1. The normalized spacial score (nSPS) is 12.0. The summed E-state index contributed by atoms with van der Waals surface area (Å²) in [4.78, 5) is 12.4. The van der Waals surface area contributed by atoms with Gasteiger partial charge in [-0.3, -0.25) is 4.79 Å². The number of nitrogens with one attached hydrogen (secondary N) is 1. The van der Waals surface area contributed by atoms with Crippen molar-refractivity contribution < 1.29 is 30.6 Å². The number of nitrogens with zero attached hydrogens (tertiary/aromatic N) is 1. The van der Waals surface area contributed by atoms with Crippen molar-refractivity contribution in [3.63, 3.8) is 0 Å². The number of benzene rings is 3. The van der Waals surface area contributed by atoms with Gasteiger partial charge in [-0.2, -0.15) is 26.7 Å². The Bertz CT molecular complexity index is 1230. The van der Waals surface area contributed by atoms with Gasteiger partial charge in [-0.15, -0.1) is 11.8 Å². The number of carbonyl (C=O) groups is 1. The summed E-state index contributed by atoms with van der Waals surface area (Å²) in [6.07, 6.45) is -3.38. The van der Waals surface area contributed by atoms with Crippen molar-refractivity contribution in [2.24, 2.45) is 5.10 Å². The van der Waals surface area contributed by atoms with Crippen molar-refractivity contribution in [3.8, 4) is 5.75 Å². The highest BCUT2D eigenvalue weighted by Crippen LogP contribution is 2.30. The minimum absolute atomic E-state index is 0.103. The first kappa shape index (κ1) is 24.3. The van der Waals surface area contributed by atoms with Gasteiger partial charge in [0.25, 0.3) is 0 Å². The Morgan fingerprint density at radius 1 is 0.970 bits per heavy atom. The highest BCUT2D eigenvalue weighted by Gasteiger charge is 2.31. The molecule has 3 rings (SSSR count). The predicted molar refractivity (Wildman–Crippen MR) is 119 cm³/mol. The van der Waals surface area contributed by atoms with Gasteiger partial charge >= 0.3 is 16.3 Å². The lowest BCUT2D eigenvalue weighted by atomic mass is 10.2. The zero-order valence-electron chi connectivity index (χ0n) is 16.8. The summed E-state index contributed by atoms with van der Waals surface area (Å²) in [6, 6.07) is 18.3. The van der Waals surface area contributed by atoms with Gasteiger partial charge < -0.3 is 4.18 Å². The first-order chi connectivity index (χ1) is 15.6. The van der Waals surface area contributed by atoms with Gasteiger partial charge in [0.05, 0.1) is 17.5 Å². The molecule has 11 heteroatoms. The molecule has 0 spiro atoms. The van der Waals surface area contributed by atoms with Crippen molar-refractivity contribution in [1.82, 2.24) is 5.43 Å². The van der Waals surface area contributed by atoms with E-state index in [1.807, 2.05) is 30.3 Å². The summed E-state index contributed by atoms with van der Waals surface area (Å²) in [5, 5.41) is 3.82. The van der Waals surface area contributed by atoms with E-state index >= 15 is 0 Å². The Labute approximate surface area is 192 Å². The number of para-hydroxylation sites is 1. The molecule has 0 atom stereocenters. The third kappa shape index (κ3) is 7.09. The lowest BCUT2D eigenvalue weighted by Gasteiger charge is -2.11. The zero-order chi connectivity index (χ0) is 23.9. The molecule has 0 bridgehead atoms. The van der Waals surface area contributed by atoms with Crippen molar-refractivity contribution in [3.05, 3.63) is 90.0 Å². The topological polar surface area (TPSA) is 84.8 Å². The fourth-order valence-electron chi connectivity index (χ4n) is 2.51. The molecule has 0 saturated carbocycles. The summed E-state index contributed by atoms with van der Waals surface area (Å²) in [7, 11) is -4.40. The van der Waals surface area contributed by atoms with Gasteiger partial charge in [0.2, 0.25) is 5.91 Å². The van der Waals surface area contributed by atoms with Gasteiger partial charge in [0.1, 0.15) is 4.90 Å². The monoisotopic (exact) mass is 494 g/mol. The fourth-order valence-corrected chi connectivity index (χ4v) is 4.18. The summed E-state index contributed by atoms with van der Waals surface area (Å²) in [6.45, 7) is 0. The summed E-state index contributed by atoms with van der Waals surface area (Å²) in [5.74, 6) is -0.341. The average molecular weight is 495 g/mol. The SMILES string of the molecule is O=C(CSc1ccccc1)NN=Cc1ccccc1OS(=O)(=O)c1ccc(C(F)(F)F)cc1. The van der Waals surface area contributed by atoms with E-state index in [9.17, 15) is 26.4 Å². The van der Waals surface area contributed by atoms with Crippen LogP contribution in [-0.4, -0.2) is 26.3 Å². The van der Waals surface area contributed by atoms with Crippen molar-refractivity contribution in [2.75, 3.05) is 5.75 Å². The van der Waals surface area contributed by atoms with Crippen LogP contribution in [0.15, 0.2) is 93.8 Å². The molecule has 33 heavy (non-hydrogen) atoms. The molecule has 0 aliphatic heterocycles. The van der Waals surface area contributed by atoms with Crippen LogP contribution in [0.3, 0.4) is 0 Å². The minimum Gasteiger partial charge on any atom is -0.378 e. The van der Waals surface area contributed by atoms with Gasteiger partial charge in [-0.1, -0.05) is 30.3 Å². The van der Waals surface area contributed by atoms with Crippen molar-refractivity contribution in [2.45, 2.75) is 16.0 Å². The Morgan fingerprint density at radius 3 is 2.27 bits per heavy atom. The number of hydrazone groups is 1. The zero-order valence-corrected chi connectivity index (χ0v) is 18.5. The fraction of sp³-hybridized carbons (Fsp3) is 0.0909. The number of alkyl halides is 3. The molecule has 1 amide bonds. The van der Waals surface area contributed by atoms with Gasteiger partial charge in [-0.25, -0.2) is 5.43 Å². The quantitative estimate of drug-likeness (QED) is 0.212. The van der Waals surface area contributed by atoms with E-state index in [0.717, 1.165) is 17.0 Å². The van der Waals surface area contributed by atoms with Gasteiger partial charge in [-0.05, 0) is 48.5 Å². The molecule has 1 N–H and O–H groups in total. The second-order valence-corrected chi connectivity index (χ2v) is 9.09. The molecule has 0 aliphatic carbocycles. The Morgan fingerprint density at radius 2 is 1.61 bits per heavy atom. The van der Waals surface area contributed by atoms with E-state index in [-0.39, 0.29) is 23.0 Å². The Balaban J connectivity index is 1.65. The molecule has 0 radical (unpaired) electrons. The highest BCUT2D eigenvalue weighted by molar-refractivity contribution is 8.00. The van der Waals surface area contributed by atoms with Crippen LogP contribution in [-0.2, 0) is 21.1 Å². The van der Waals surface area contributed by atoms with Crippen molar-refractivity contribution >= 4 is 34.0 Å². The molecular weight excluding hydrogens is 477 g/mol. The molecule has 0 aromatic heterocycles. The number of hydrogen-bond donors (Lipinski definition) is 1. The highest BCUT2D eigenvalue weighted by atomic mass is 32.2. The van der Waals surface area contributed by atoms with Gasteiger partial charge in [0, 0.05) is 10.5 Å². The maximum atomic E-state index is 12.7. The van der Waals surface area contributed by atoms with E-state index in [1.165, 1.54) is 36.2 Å². The van der Waals surface area contributed by atoms with Crippen LogP contribution < -0.4 is 9.61 Å². The number of halogens is 3. The maximum absolute atomic E-state index is 12.7. The number of amides is 1. The van der Waals surface area contributed by atoms with E-state index in [1.54, 1.807) is 6.07 Å². The van der Waals surface area contributed by atoms with E-state index in [0.29, 0.717) is 12.1 Å². The summed E-state index contributed by atoms with van der Waals surface area (Å²) >= 11 is 1.33. The number of thioether (sulfide) groups is 1. The van der Waals surface area contributed by atoms with Gasteiger partial charge in [0.15, 0.2) is 5.75 Å². The molecule has 3 aromatic carbocycles. The summed E-state index contributed by atoms with van der Waals surface area (Å²) in [5.41, 5.74) is 1.60. The molecule has 0 fully saturated rings. The summed E-state index contributed by atoms with van der Waals surface area (Å²) < 4.78 is 68.2. The standard InChI is InChI=1S/C22H17F3N2O4S2/c23-22(24,25)17-10-12-19(13-11-17)33(29,30)31-20-9-5-4-6-16(20)14-26-27-21(28)15-32-18-7-2-1-3-8-18/h1-14H,15H2,(H,27,28). The second-order valence-electron chi connectivity index (χ2n) is 6.49. The molecule has 3 aromatic rings. The third-order valence-corrected chi connectivity index (χ3v) is 6.36. The molecule has 0 heterocycles. The Hall–Kier alpha value is -3.31. The smallest absolute Gasteiger partial charge is 0.378 e. The lowest BCUT2D eigenvalue weighted by Crippen LogP contribution is -2.19. The van der Waals surface area contributed by atoms with E-state index < -0.39 is 26.8 Å². The molecule has 0 unspecified atom stereocenters. The predicted octanol–water partition coefficient (Wildman–Crippen LogP) is 4.72. The first-order valence-electron chi connectivity index (χ1n) is 9.36. The Kier molecular flexibility index (Phi) is 7.77. The molecule has 0 aliphatic rings. The number of rotatable bonds is 8. The van der Waals surface area contributed by atoms with Crippen LogP contribution in [0.1, 0.15) is 11.1 Å². The molecular formula is C22H17F3N2O4S2. The molecule has 0 saturated heterocycles. The third-order valence-electron chi connectivity index (χ3n) is 4.09. The van der Waals surface area contributed by atoms with Crippen molar-refractivity contribution in [1.29, 1.82) is 0 Å². The minimum atomic E-state index is -4.59. The molecule has 6 nitrogen and oxygen atoms in total. The van der Waals surface area contributed by atoms with Crippen LogP contribution in [0.5, 0.6) is 5.75 Å². The second kappa shape index (κ2) is 10.5.